The highest BCUT2D eigenvalue weighted by molar-refractivity contribution is 6.09. The van der Waals surface area contributed by atoms with Crippen LogP contribution in [-0.4, -0.2) is 45.0 Å². The first-order chi connectivity index (χ1) is 13.5. The standard InChI is InChI=1S/C21H22N4O3/c1-4-24(5-2)21(28)19-23-18(17-8-6-7-13-25(17)19)20(27)22-16-11-9-15(10-12-16)14(3)26/h6-13H,4-5H2,1-3H3,(H,22,27). The molecule has 0 spiro atoms. The summed E-state index contributed by atoms with van der Waals surface area (Å²) in [6, 6.07) is 12.0. The Morgan fingerprint density at radius 2 is 1.71 bits per heavy atom. The van der Waals surface area contributed by atoms with E-state index in [2.05, 4.69) is 10.3 Å². The van der Waals surface area contributed by atoms with Gasteiger partial charge in [-0.1, -0.05) is 6.07 Å². The van der Waals surface area contributed by atoms with Crippen LogP contribution in [0.1, 0.15) is 52.2 Å². The van der Waals surface area contributed by atoms with Gasteiger partial charge in [0, 0.05) is 30.5 Å². The van der Waals surface area contributed by atoms with E-state index in [1.807, 2.05) is 13.8 Å². The van der Waals surface area contributed by atoms with E-state index in [9.17, 15) is 14.4 Å². The second-order valence-corrected chi connectivity index (χ2v) is 6.31. The highest BCUT2D eigenvalue weighted by atomic mass is 16.2. The van der Waals surface area contributed by atoms with Gasteiger partial charge in [-0.3, -0.25) is 18.8 Å². The number of imidazole rings is 1. The lowest BCUT2D eigenvalue weighted by Crippen LogP contribution is -2.32. The molecule has 144 valence electrons. The van der Waals surface area contributed by atoms with E-state index in [0.717, 1.165) is 0 Å². The van der Waals surface area contributed by atoms with Crippen LogP contribution in [0, 0.1) is 0 Å². The maximum Gasteiger partial charge on any atom is 0.290 e. The van der Waals surface area contributed by atoms with Crippen molar-refractivity contribution < 1.29 is 14.4 Å². The molecule has 0 unspecified atom stereocenters. The number of carbonyl (C=O) groups excluding carboxylic acids is 3. The number of pyridine rings is 1. The molecule has 3 rings (SSSR count). The second-order valence-electron chi connectivity index (χ2n) is 6.31. The van der Waals surface area contributed by atoms with Crippen LogP contribution in [0.5, 0.6) is 0 Å². The number of rotatable bonds is 6. The molecule has 0 saturated heterocycles. The molecule has 0 fully saturated rings. The van der Waals surface area contributed by atoms with Gasteiger partial charge in [0.15, 0.2) is 11.5 Å². The van der Waals surface area contributed by atoms with Gasteiger partial charge in [-0.15, -0.1) is 0 Å². The van der Waals surface area contributed by atoms with Crippen LogP contribution in [0.4, 0.5) is 5.69 Å². The summed E-state index contributed by atoms with van der Waals surface area (Å²) in [5.41, 5.74) is 1.84. The first-order valence-electron chi connectivity index (χ1n) is 9.15. The van der Waals surface area contributed by atoms with Crippen LogP contribution in [0.15, 0.2) is 48.7 Å². The monoisotopic (exact) mass is 378 g/mol. The van der Waals surface area contributed by atoms with Crippen molar-refractivity contribution in [2.24, 2.45) is 0 Å². The normalized spacial score (nSPS) is 10.7. The second kappa shape index (κ2) is 8.04. The summed E-state index contributed by atoms with van der Waals surface area (Å²) in [5, 5.41) is 2.77. The number of ketones is 1. The maximum atomic E-state index is 12.8. The van der Waals surface area contributed by atoms with Gasteiger partial charge in [-0.05, 0) is 57.2 Å². The summed E-state index contributed by atoms with van der Waals surface area (Å²) in [6.07, 6.45) is 1.72. The number of aromatic nitrogens is 2. The number of hydrogen-bond donors (Lipinski definition) is 1. The van der Waals surface area contributed by atoms with Crippen LogP contribution in [0.25, 0.3) is 5.52 Å². The lowest BCUT2D eigenvalue weighted by atomic mass is 10.1. The molecule has 2 amide bonds. The molecular weight excluding hydrogens is 356 g/mol. The van der Waals surface area contributed by atoms with E-state index < -0.39 is 5.91 Å². The van der Waals surface area contributed by atoms with Crippen molar-refractivity contribution in [1.29, 1.82) is 0 Å². The topological polar surface area (TPSA) is 83.8 Å². The van der Waals surface area contributed by atoms with Crippen LogP contribution in [0.2, 0.25) is 0 Å². The predicted molar refractivity (Wildman–Crippen MR) is 107 cm³/mol. The van der Waals surface area contributed by atoms with E-state index in [4.69, 9.17) is 0 Å². The third-order valence-electron chi connectivity index (χ3n) is 4.55. The Balaban J connectivity index is 1.95. The fourth-order valence-corrected chi connectivity index (χ4v) is 2.99. The average Bonchev–Trinajstić information content (AvgIpc) is 3.09. The summed E-state index contributed by atoms with van der Waals surface area (Å²) in [6.45, 7) is 6.40. The van der Waals surface area contributed by atoms with Crippen molar-refractivity contribution in [3.05, 3.63) is 65.7 Å². The number of nitrogens with zero attached hydrogens (tertiary/aromatic N) is 3. The highest BCUT2D eigenvalue weighted by Crippen LogP contribution is 2.17. The van der Waals surface area contributed by atoms with E-state index in [1.54, 1.807) is 58.0 Å². The molecule has 7 nitrogen and oxygen atoms in total. The van der Waals surface area contributed by atoms with Crippen molar-refractivity contribution in [3.8, 4) is 0 Å². The molecular formula is C21H22N4O3. The van der Waals surface area contributed by atoms with E-state index >= 15 is 0 Å². The molecule has 0 saturated carbocycles. The van der Waals surface area contributed by atoms with Crippen molar-refractivity contribution >= 4 is 28.8 Å². The van der Waals surface area contributed by atoms with E-state index in [-0.39, 0.29) is 23.2 Å². The zero-order valence-electron chi connectivity index (χ0n) is 16.1. The molecule has 28 heavy (non-hydrogen) atoms. The first kappa shape index (κ1) is 19.3. The van der Waals surface area contributed by atoms with Crippen LogP contribution >= 0.6 is 0 Å². The van der Waals surface area contributed by atoms with Crippen molar-refractivity contribution in [1.82, 2.24) is 14.3 Å². The largest absolute Gasteiger partial charge is 0.337 e. The summed E-state index contributed by atoms with van der Waals surface area (Å²) in [5.74, 6) is -0.483. The molecule has 7 heteroatoms. The molecule has 0 atom stereocenters. The zero-order valence-corrected chi connectivity index (χ0v) is 16.1. The number of Topliss-reactive ketones (excluding diaryl/α,β-unsaturated/α-hetero) is 1. The molecule has 0 radical (unpaired) electrons. The Morgan fingerprint density at radius 1 is 1.04 bits per heavy atom. The predicted octanol–water partition coefficient (Wildman–Crippen LogP) is 3.27. The Kier molecular flexibility index (Phi) is 5.54. The molecule has 2 aromatic heterocycles. The third kappa shape index (κ3) is 3.64. The van der Waals surface area contributed by atoms with Gasteiger partial charge in [-0.2, -0.15) is 0 Å². The van der Waals surface area contributed by atoms with Gasteiger partial charge in [0.2, 0.25) is 5.82 Å². The first-order valence-corrected chi connectivity index (χ1v) is 9.15. The van der Waals surface area contributed by atoms with Crippen LogP contribution < -0.4 is 5.32 Å². The fourth-order valence-electron chi connectivity index (χ4n) is 2.99. The quantitative estimate of drug-likeness (QED) is 0.667. The summed E-state index contributed by atoms with van der Waals surface area (Å²) < 4.78 is 1.63. The molecule has 1 N–H and O–H groups in total. The van der Waals surface area contributed by atoms with Gasteiger partial charge < -0.3 is 10.2 Å². The number of hydrogen-bond acceptors (Lipinski definition) is 4. The Hall–Kier alpha value is -3.48. The molecule has 0 bridgehead atoms. The highest BCUT2D eigenvalue weighted by Gasteiger charge is 2.24. The lowest BCUT2D eigenvalue weighted by Gasteiger charge is -2.17. The minimum atomic E-state index is -0.419. The smallest absolute Gasteiger partial charge is 0.290 e. The zero-order chi connectivity index (χ0) is 20.3. The summed E-state index contributed by atoms with van der Waals surface area (Å²) >= 11 is 0. The number of fused-ring (bicyclic) bond motifs is 1. The Labute approximate surface area is 163 Å². The number of carbonyl (C=O) groups is 3. The van der Waals surface area contributed by atoms with Crippen LogP contribution in [0.3, 0.4) is 0 Å². The van der Waals surface area contributed by atoms with Gasteiger partial charge >= 0.3 is 0 Å². The van der Waals surface area contributed by atoms with Crippen molar-refractivity contribution in [2.75, 3.05) is 18.4 Å². The number of amides is 2. The third-order valence-corrected chi connectivity index (χ3v) is 4.55. The van der Waals surface area contributed by atoms with Crippen molar-refractivity contribution in [3.63, 3.8) is 0 Å². The molecule has 2 heterocycles. The number of nitrogens with one attached hydrogen (secondary N) is 1. The minimum absolute atomic E-state index is 0.0440. The van der Waals surface area contributed by atoms with Gasteiger partial charge in [-0.25, -0.2) is 4.98 Å². The van der Waals surface area contributed by atoms with E-state index in [0.29, 0.717) is 29.9 Å². The fraction of sp³-hybridized carbons (Fsp3) is 0.238. The molecule has 0 aliphatic carbocycles. The molecule has 1 aromatic carbocycles. The lowest BCUT2D eigenvalue weighted by molar-refractivity contribution is 0.0760. The van der Waals surface area contributed by atoms with Gasteiger partial charge in [0.25, 0.3) is 11.8 Å². The maximum absolute atomic E-state index is 12.8. The number of anilines is 1. The SMILES string of the molecule is CCN(CC)C(=O)c1nc(C(=O)Nc2ccc(C(C)=O)cc2)c2ccccn12. The van der Waals surface area contributed by atoms with Gasteiger partial charge in [0.1, 0.15) is 0 Å². The molecule has 0 aliphatic rings. The summed E-state index contributed by atoms with van der Waals surface area (Å²) in [4.78, 5) is 43.0. The van der Waals surface area contributed by atoms with E-state index in [1.165, 1.54) is 6.92 Å². The Morgan fingerprint density at radius 3 is 2.32 bits per heavy atom. The van der Waals surface area contributed by atoms with Crippen molar-refractivity contribution in [2.45, 2.75) is 20.8 Å². The van der Waals surface area contributed by atoms with Gasteiger partial charge in [0.05, 0.1) is 5.52 Å². The average molecular weight is 378 g/mol. The minimum Gasteiger partial charge on any atom is -0.337 e. The molecule has 0 aliphatic heterocycles. The van der Waals surface area contributed by atoms with Crippen LogP contribution in [-0.2, 0) is 0 Å². The summed E-state index contributed by atoms with van der Waals surface area (Å²) in [7, 11) is 0. The Bertz CT molecular complexity index is 1030. The molecule has 3 aromatic rings. The number of benzene rings is 1.